The van der Waals surface area contributed by atoms with Gasteiger partial charge in [-0.2, -0.15) is 0 Å². The fourth-order valence-corrected chi connectivity index (χ4v) is 2.05. The molecular weight excluding hydrogens is 210 g/mol. The Morgan fingerprint density at radius 1 is 1.40 bits per heavy atom. The van der Waals surface area contributed by atoms with E-state index in [9.17, 15) is 0 Å². The maximum absolute atomic E-state index is 6.14. The van der Waals surface area contributed by atoms with Crippen molar-refractivity contribution in [1.82, 2.24) is 5.32 Å². The van der Waals surface area contributed by atoms with E-state index in [-0.39, 0.29) is 6.10 Å². The van der Waals surface area contributed by atoms with Crippen LogP contribution in [0, 0.1) is 0 Å². The summed E-state index contributed by atoms with van der Waals surface area (Å²) in [7, 11) is 0. The molecule has 0 aliphatic carbocycles. The zero-order valence-corrected chi connectivity index (χ0v) is 9.63. The van der Waals surface area contributed by atoms with E-state index in [1.165, 1.54) is 0 Å². The predicted octanol–water partition coefficient (Wildman–Crippen LogP) is 2.78. The van der Waals surface area contributed by atoms with Crippen LogP contribution in [0.4, 0.5) is 0 Å². The summed E-state index contributed by atoms with van der Waals surface area (Å²) in [6, 6.07) is 8.41. The van der Waals surface area contributed by atoms with Crippen LogP contribution in [0.5, 0.6) is 0 Å². The molecule has 1 saturated heterocycles. The number of benzene rings is 1. The molecule has 0 saturated carbocycles. The van der Waals surface area contributed by atoms with Crippen molar-refractivity contribution in [3.05, 3.63) is 34.9 Å². The Balaban J connectivity index is 2.13. The summed E-state index contributed by atoms with van der Waals surface area (Å²) in [5.74, 6) is 0. The van der Waals surface area contributed by atoms with E-state index in [0.717, 1.165) is 30.2 Å². The Labute approximate surface area is 95.6 Å². The lowest BCUT2D eigenvalue weighted by molar-refractivity contribution is 0.0665. The lowest BCUT2D eigenvalue weighted by Gasteiger charge is -2.16. The molecule has 1 fully saturated rings. The van der Waals surface area contributed by atoms with Gasteiger partial charge in [-0.05, 0) is 19.4 Å². The third-order valence-corrected chi connectivity index (χ3v) is 3.12. The summed E-state index contributed by atoms with van der Waals surface area (Å²) in [6.45, 7) is 3.81. The van der Waals surface area contributed by atoms with Crippen molar-refractivity contribution >= 4 is 11.6 Å². The van der Waals surface area contributed by atoms with Crippen LogP contribution in [0.1, 0.15) is 25.0 Å². The van der Waals surface area contributed by atoms with E-state index in [1.54, 1.807) is 0 Å². The highest BCUT2D eigenvalue weighted by molar-refractivity contribution is 6.31. The van der Waals surface area contributed by atoms with Crippen molar-refractivity contribution in [2.45, 2.75) is 25.5 Å². The molecule has 15 heavy (non-hydrogen) atoms. The maximum atomic E-state index is 6.14. The zero-order chi connectivity index (χ0) is 10.7. The molecule has 0 amide bonds. The molecule has 0 spiro atoms. The van der Waals surface area contributed by atoms with Gasteiger partial charge in [0.15, 0.2) is 0 Å². The summed E-state index contributed by atoms with van der Waals surface area (Å²) in [5.41, 5.74) is 1.08. The molecule has 0 radical (unpaired) electrons. The highest BCUT2D eigenvalue weighted by Crippen LogP contribution is 2.26. The number of nitrogens with one attached hydrogen (secondary N) is 1. The van der Waals surface area contributed by atoms with Gasteiger partial charge >= 0.3 is 0 Å². The van der Waals surface area contributed by atoms with E-state index >= 15 is 0 Å². The molecule has 1 aliphatic rings. The van der Waals surface area contributed by atoms with E-state index in [2.05, 4.69) is 12.2 Å². The minimum absolute atomic E-state index is 0.0867. The van der Waals surface area contributed by atoms with Gasteiger partial charge in [0.25, 0.3) is 0 Å². The van der Waals surface area contributed by atoms with Gasteiger partial charge in [0.2, 0.25) is 0 Å². The fourth-order valence-electron chi connectivity index (χ4n) is 1.79. The molecule has 82 valence electrons. The van der Waals surface area contributed by atoms with E-state index in [1.807, 2.05) is 24.3 Å². The summed E-state index contributed by atoms with van der Waals surface area (Å²) in [4.78, 5) is 0. The van der Waals surface area contributed by atoms with Crippen LogP contribution >= 0.6 is 11.6 Å². The summed E-state index contributed by atoms with van der Waals surface area (Å²) < 4.78 is 5.79. The topological polar surface area (TPSA) is 21.3 Å². The van der Waals surface area contributed by atoms with E-state index in [4.69, 9.17) is 16.3 Å². The second kappa shape index (κ2) is 4.97. The quantitative estimate of drug-likeness (QED) is 0.794. The normalized spacial score (nSPS) is 27.3. The molecule has 3 heteroatoms. The van der Waals surface area contributed by atoms with Crippen LogP contribution < -0.4 is 5.32 Å². The first-order valence-electron chi connectivity index (χ1n) is 5.37. The average Bonchev–Trinajstić information content (AvgIpc) is 2.44. The Hall–Kier alpha value is -0.570. The summed E-state index contributed by atoms with van der Waals surface area (Å²) >= 11 is 6.14. The first-order valence-corrected chi connectivity index (χ1v) is 5.74. The molecule has 2 atom stereocenters. The molecule has 1 aromatic rings. The molecule has 2 nitrogen and oxygen atoms in total. The van der Waals surface area contributed by atoms with Crippen LogP contribution in [0.25, 0.3) is 0 Å². The van der Waals surface area contributed by atoms with Crippen LogP contribution in [-0.4, -0.2) is 19.2 Å². The molecule has 2 unspecified atom stereocenters. The Bertz CT molecular complexity index is 329. The third kappa shape index (κ3) is 2.71. The first kappa shape index (κ1) is 10.9. The van der Waals surface area contributed by atoms with E-state index < -0.39 is 0 Å². The molecule has 1 heterocycles. The van der Waals surface area contributed by atoms with Crippen molar-refractivity contribution < 1.29 is 4.74 Å². The fraction of sp³-hybridized carbons (Fsp3) is 0.500. The van der Waals surface area contributed by atoms with Gasteiger partial charge in [0, 0.05) is 29.8 Å². The zero-order valence-electron chi connectivity index (χ0n) is 8.87. The predicted molar refractivity (Wildman–Crippen MR) is 62.2 cm³/mol. The molecule has 0 bridgehead atoms. The monoisotopic (exact) mass is 225 g/mol. The maximum Gasteiger partial charge on any atom is 0.0963 e. The first-order chi connectivity index (χ1) is 7.27. The molecule has 2 rings (SSSR count). The summed E-state index contributed by atoms with van der Waals surface area (Å²) in [5, 5.41) is 4.23. The third-order valence-electron chi connectivity index (χ3n) is 2.77. The number of ether oxygens (including phenoxy) is 1. The molecule has 1 aliphatic heterocycles. The van der Waals surface area contributed by atoms with Crippen LogP contribution in [0.3, 0.4) is 0 Å². The van der Waals surface area contributed by atoms with Crippen molar-refractivity contribution in [1.29, 1.82) is 0 Å². The molecular formula is C12H16ClNO. The number of hydrogen-bond donors (Lipinski definition) is 1. The SMILES string of the molecule is CC1CCOC(c2ccccc2Cl)CN1. The van der Waals surface area contributed by atoms with Crippen molar-refractivity contribution in [3.8, 4) is 0 Å². The number of halogens is 1. The van der Waals surface area contributed by atoms with Crippen molar-refractivity contribution in [2.24, 2.45) is 0 Å². The lowest BCUT2D eigenvalue weighted by Crippen LogP contribution is -2.27. The van der Waals surface area contributed by atoms with Crippen molar-refractivity contribution in [2.75, 3.05) is 13.2 Å². The molecule has 1 aromatic carbocycles. The van der Waals surface area contributed by atoms with Gasteiger partial charge in [-0.3, -0.25) is 0 Å². The standard InChI is InChI=1S/C12H16ClNO/c1-9-6-7-15-12(8-14-9)10-4-2-3-5-11(10)13/h2-5,9,12,14H,6-8H2,1H3. The Morgan fingerprint density at radius 2 is 2.20 bits per heavy atom. The smallest absolute Gasteiger partial charge is 0.0963 e. The minimum atomic E-state index is 0.0867. The van der Waals surface area contributed by atoms with Crippen LogP contribution in [-0.2, 0) is 4.74 Å². The van der Waals surface area contributed by atoms with Crippen LogP contribution in [0.15, 0.2) is 24.3 Å². The van der Waals surface area contributed by atoms with Gasteiger partial charge < -0.3 is 10.1 Å². The second-order valence-corrected chi connectivity index (χ2v) is 4.39. The van der Waals surface area contributed by atoms with Gasteiger partial charge in [0.1, 0.15) is 0 Å². The van der Waals surface area contributed by atoms with Gasteiger partial charge in [-0.25, -0.2) is 0 Å². The second-order valence-electron chi connectivity index (χ2n) is 3.98. The lowest BCUT2D eigenvalue weighted by atomic mass is 10.1. The van der Waals surface area contributed by atoms with E-state index in [0.29, 0.717) is 6.04 Å². The highest BCUT2D eigenvalue weighted by atomic mass is 35.5. The largest absolute Gasteiger partial charge is 0.372 e. The molecule has 0 aromatic heterocycles. The number of hydrogen-bond acceptors (Lipinski definition) is 2. The minimum Gasteiger partial charge on any atom is -0.372 e. The Kier molecular flexibility index (Phi) is 3.62. The Morgan fingerprint density at radius 3 is 3.00 bits per heavy atom. The van der Waals surface area contributed by atoms with Crippen LogP contribution in [0.2, 0.25) is 5.02 Å². The van der Waals surface area contributed by atoms with Crippen molar-refractivity contribution in [3.63, 3.8) is 0 Å². The van der Waals surface area contributed by atoms with Gasteiger partial charge in [0.05, 0.1) is 6.10 Å². The molecule has 1 N–H and O–H groups in total. The highest BCUT2D eigenvalue weighted by Gasteiger charge is 2.19. The average molecular weight is 226 g/mol. The van der Waals surface area contributed by atoms with Gasteiger partial charge in [-0.15, -0.1) is 0 Å². The summed E-state index contributed by atoms with van der Waals surface area (Å²) in [6.07, 6.45) is 1.14. The number of rotatable bonds is 1. The van der Waals surface area contributed by atoms with Gasteiger partial charge in [-0.1, -0.05) is 29.8 Å².